The normalized spacial score (nSPS) is 18.4. The van der Waals surface area contributed by atoms with Crippen LogP contribution in [-0.2, 0) is 10.0 Å². The van der Waals surface area contributed by atoms with E-state index in [2.05, 4.69) is 37.1 Å². The van der Waals surface area contributed by atoms with Gasteiger partial charge in [-0.15, -0.1) is 11.3 Å². The summed E-state index contributed by atoms with van der Waals surface area (Å²) in [7, 11) is -3.55. The number of thiophene rings is 1. The number of nitrogens with one attached hydrogen (secondary N) is 3. The summed E-state index contributed by atoms with van der Waals surface area (Å²) in [5.41, 5.74) is 1.47. The van der Waals surface area contributed by atoms with Crippen LogP contribution in [0, 0.1) is 6.92 Å². The fourth-order valence-electron chi connectivity index (χ4n) is 3.63. The zero-order valence-electron chi connectivity index (χ0n) is 19.0. The fraction of sp³-hybridized carbons (Fsp3) is 0.619. The number of aryl methyl sites for hydroxylation is 1. The fourth-order valence-corrected chi connectivity index (χ4v) is 5.86. The van der Waals surface area contributed by atoms with Crippen molar-refractivity contribution in [3.05, 3.63) is 23.2 Å². The molecule has 32 heavy (non-hydrogen) atoms. The molecule has 9 nitrogen and oxygen atoms in total. The molecule has 1 fully saturated rings. The second-order valence-corrected chi connectivity index (χ2v) is 11.3. The standard InChI is InChI=1S/C21H34N6O3S2/c1-15-12-22-21(26-20(15)24-16(2)13-28)25-18-11-19(31-14-18)32(29,30)23-8-6-10-27-9-5-4-7-17(27)3/h11-12,14,16-17,23,28H,4-10,13H2,1-3H3,(H2,22,24,25,26)/t16-,17?/m1/s1. The highest BCUT2D eigenvalue weighted by atomic mass is 32.2. The summed E-state index contributed by atoms with van der Waals surface area (Å²) >= 11 is 1.16. The van der Waals surface area contributed by atoms with Gasteiger partial charge in [-0.2, -0.15) is 4.98 Å². The first-order chi connectivity index (χ1) is 15.3. The van der Waals surface area contributed by atoms with Crippen molar-refractivity contribution >= 4 is 38.8 Å². The van der Waals surface area contributed by atoms with E-state index >= 15 is 0 Å². The molecule has 1 saturated heterocycles. The molecule has 1 aliphatic heterocycles. The average Bonchev–Trinajstić information content (AvgIpc) is 3.24. The number of piperidine rings is 1. The third kappa shape index (κ3) is 6.85. The first-order valence-electron chi connectivity index (χ1n) is 11.1. The van der Waals surface area contributed by atoms with E-state index in [1.807, 2.05) is 13.8 Å². The molecule has 2 aromatic rings. The van der Waals surface area contributed by atoms with E-state index in [-0.39, 0.29) is 16.9 Å². The summed E-state index contributed by atoms with van der Waals surface area (Å²) in [6.07, 6.45) is 6.20. The van der Waals surface area contributed by atoms with Crippen LogP contribution in [0.4, 0.5) is 17.5 Å². The zero-order chi connectivity index (χ0) is 23.1. The van der Waals surface area contributed by atoms with E-state index in [0.29, 0.717) is 30.0 Å². The largest absolute Gasteiger partial charge is 0.394 e. The summed E-state index contributed by atoms with van der Waals surface area (Å²) in [5.74, 6) is 0.977. The van der Waals surface area contributed by atoms with Gasteiger partial charge in [0.05, 0.1) is 12.3 Å². The van der Waals surface area contributed by atoms with Gasteiger partial charge in [-0.25, -0.2) is 18.1 Å². The van der Waals surface area contributed by atoms with Crippen LogP contribution in [-0.4, -0.2) is 66.7 Å². The quantitative estimate of drug-likeness (QED) is 0.361. The number of hydrogen-bond acceptors (Lipinski definition) is 9. The topological polar surface area (TPSA) is 119 Å². The lowest BCUT2D eigenvalue weighted by Gasteiger charge is -2.33. The second-order valence-electron chi connectivity index (χ2n) is 8.36. The minimum atomic E-state index is -3.55. The Morgan fingerprint density at radius 1 is 1.38 bits per heavy atom. The molecule has 2 atom stereocenters. The maximum absolute atomic E-state index is 12.7. The van der Waals surface area contributed by atoms with Crippen LogP contribution in [0.3, 0.4) is 0 Å². The number of likely N-dealkylation sites (tertiary alicyclic amines) is 1. The number of anilines is 3. The van der Waals surface area contributed by atoms with Gasteiger partial charge in [0, 0.05) is 35.8 Å². The van der Waals surface area contributed by atoms with Crippen LogP contribution < -0.4 is 15.4 Å². The van der Waals surface area contributed by atoms with Crippen molar-refractivity contribution in [1.82, 2.24) is 19.6 Å². The Morgan fingerprint density at radius 3 is 2.94 bits per heavy atom. The highest BCUT2D eigenvalue weighted by Gasteiger charge is 2.19. The molecule has 0 aromatic carbocycles. The number of rotatable bonds is 11. The van der Waals surface area contributed by atoms with Crippen LogP contribution >= 0.6 is 11.3 Å². The molecule has 0 aliphatic carbocycles. The summed E-state index contributed by atoms with van der Waals surface area (Å²) in [6, 6.07) is 2.03. The molecule has 0 bridgehead atoms. The van der Waals surface area contributed by atoms with Crippen molar-refractivity contribution in [3.63, 3.8) is 0 Å². The number of aromatic nitrogens is 2. The molecule has 4 N–H and O–H groups in total. The third-order valence-electron chi connectivity index (χ3n) is 5.58. The highest BCUT2D eigenvalue weighted by Crippen LogP contribution is 2.26. The smallest absolute Gasteiger partial charge is 0.250 e. The lowest BCUT2D eigenvalue weighted by Crippen LogP contribution is -2.39. The first-order valence-corrected chi connectivity index (χ1v) is 13.4. The van der Waals surface area contributed by atoms with Gasteiger partial charge in [-0.3, -0.25) is 0 Å². The van der Waals surface area contributed by atoms with Crippen LogP contribution in [0.1, 0.15) is 45.1 Å². The van der Waals surface area contributed by atoms with Gasteiger partial charge >= 0.3 is 0 Å². The van der Waals surface area contributed by atoms with Crippen molar-refractivity contribution in [1.29, 1.82) is 0 Å². The van der Waals surface area contributed by atoms with Crippen LogP contribution in [0.5, 0.6) is 0 Å². The molecule has 0 spiro atoms. The van der Waals surface area contributed by atoms with E-state index in [1.165, 1.54) is 19.3 Å². The minimum absolute atomic E-state index is 0.0119. The summed E-state index contributed by atoms with van der Waals surface area (Å²) < 4.78 is 28.3. The first kappa shape index (κ1) is 24.8. The maximum Gasteiger partial charge on any atom is 0.250 e. The number of hydrogen-bond donors (Lipinski definition) is 4. The predicted octanol–water partition coefficient (Wildman–Crippen LogP) is 2.93. The van der Waals surface area contributed by atoms with E-state index in [1.54, 1.807) is 17.6 Å². The Morgan fingerprint density at radius 2 is 2.19 bits per heavy atom. The molecule has 3 heterocycles. The number of aliphatic hydroxyl groups is 1. The van der Waals surface area contributed by atoms with Crippen LogP contribution in [0.2, 0.25) is 0 Å². The van der Waals surface area contributed by atoms with Gasteiger partial charge < -0.3 is 20.6 Å². The summed E-state index contributed by atoms with van der Waals surface area (Å²) in [4.78, 5) is 11.1. The van der Waals surface area contributed by atoms with Crippen molar-refractivity contribution in [2.24, 2.45) is 0 Å². The van der Waals surface area contributed by atoms with Crippen molar-refractivity contribution in [2.45, 2.75) is 62.7 Å². The van der Waals surface area contributed by atoms with E-state index in [4.69, 9.17) is 0 Å². The Labute approximate surface area is 194 Å². The Hall–Kier alpha value is -1.79. The number of aliphatic hydroxyl groups excluding tert-OH is 1. The van der Waals surface area contributed by atoms with E-state index in [9.17, 15) is 13.5 Å². The summed E-state index contributed by atoms with van der Waals surface area (Å²) in [5, 5.41) is 17.2. The van der Waals surface area contributed by atoms with E-state index < -0.39 is 10.0 Å². The molecular weight excluding hydrogens is 448 g/mol. The van der Waals surface area contributed by atoms with Crippen LogP contribution in [0.25, 0.3) is 0 Å². The van der Waals surface area contributed by atoms with Gasteiger partial charge in [0.1, 0.15) is 10.0 Å². The Bertz CT molecular complexity index is 982. The van der Waals surface area contributed by atoms with Gasteiger partial charge in [-0.1, -0.05) is 6.42 Å². The van der Waals surface area contributed by atoms with Gasteiger partial charge in [0.25, 0.3) is 0 Å². The van der Waals surface area contributed by atoms with Gasteiger partial charge in [0.2, 0.25) is 16.0 Å². The van der Waals surface area contributed by atoms with Crippen molar-refractivity contribution < 1.29 is 13.5 Å². The average molecular weight is 483 g/mol. The van der Waals surface area contributed by atoms with Gasteiger partial charge in [0.15, 0.2) is 0 Å². The van der Waals surface area contributed by atoms with Crippen molar-refractivity contribution in [2.75, 3.05) is 36.9 Å². The zero-order valence-corrected chi connectivity index (χ0v) is 20.6. The molecule has 2 aromatic heterocycles. The molecule has 0 amide bonds. The van der Waals surface area contributed by atoms with E-state index in [0.717, 1.165) is 36.4 Å². The molecule has 1 unspecified atom stereocenters. The molecule has 11 heteroatoms. The molecule has 0 saturated carbocycles. The molecule has 178 valence electrons. The number of sulfonamides is 1. The molecule has 0 radical (unpaired) electrons. The molecular formula is C21H34N6O3S2. The molecule has 3 rings (SSSR count). The maximum atomic E-state index is 12.7. The minimum Gasteiger partial charge on any atom is -0.394 e. The predicted molar refractivity (Wildman–Crippen MR) is 129 cm³/mol. The van der Waals surface area contributed by atoms with Gasteiger partial charge in [-0.05, 0) is 59.2 Å². The van der Waals surface area contributed by atoms with Crippen molar-refractivity contribution in [3.8, 4) is 0 Å². The Balaban J connectivity index is 1.54. The summed E-state index contributed by atoms with van der Waals surface area (Å²) in [6.45, 7) is 8.40. The second kappa shape index (κ2) is 11.4. The third-order valence-corrected chi connectivity index (χ3v) is 8.48. The highest BCUT2D eigenvalue weighted by molar-refractivity contribution is 7.91. The number of nitrogens with zero attached hydrogens (tertiary/aromatic N) is 3. The monoisotopic (exact) mass is 482 g/mol. The van der Waals surface area contributed by atoms with Crippen LogP contribution in [0.15, 0.2) is 21.9 Å². The lowest BCUT2D eigenvalue weighted by molar-refractivity contribution is 0.159. The lowest BCUT2D eigenvalue weighted by atomic mass is 10.0. The Kier molecular flexibility index (Phi) is 8.83. The molecule has 1 aliphatic rings. The SMILES string of the molecule is Cc1cnc(Nc2csc(S(=O)(=O)NCCCN3CCCCC3C)c2)nc1N[C@H](C)CO.